The Morgan fingerprint density at radius 1 is 1.36 bits per heavy atom. The summed E-state index contributed by atoms with van der Waals surface area (Å²) < 4.78 is 11.4. The van der Waals surface area contributed by atoms with Gasteiger partial charge >= 0.3 is 6.03 Å². The fourth-order valence-corrected chi connectivity index (χ4v) is 3.27. The van der Waals surface area contributed by atoms with Gasteiger partial charge < -0.3 is 20.1 Å². The first-order valence-corrected chi connectivity index (χ1v) is 9.40. The van der Waals surface area contributed by atoms with E-state index in [2.05, 4.69) is 27.8 Å². The molecular formula is C18H23N3O3S. The predicted molar refractivity (Wildman–Crippen MR) is 96.6 cm³/mol. The van der Waals surface area contributed by atoms with Gasteiger partial charge in [-0.2, -0.15) is 0 Å². The van der Waals surface area contributed by atoms with Crippen LogP contribution in [-0.2, 0) is 22.5 Å². The maximum Gasteiger partial charge on any atom is 0.315 e. The molecule has 1 aliphatic heterocycles. The quantitative estimate of drug-likeness (QED) is 0.794. The van der Waals surface area contributed by atoms with Gasteiger partial charge in [0.15, 0.2) is 0 Å². The van der Waals surface area contributed by atoms with Crippen molar-refractivity contribution in [2.45, 2.75) is 31.6 Å². The molecule has 0 aliphatic carbocycles. The van der Waals surface area contributed by atoms with Crippen LogP contribution < -0.4 is 10.6 Å². The molecule has 25 heavy (non-hydrogen) atoms. The number of nitrogens with one attached hydrogen (secondary N) is 2. The SMILES string of the molecule is O=C(NCCc1ccccc1)N[C@@H]1CCOC[C@H]1OCc1cscn1. The van der Waals surface area contributed by atoms with Crippen molar-refractivity contribution >= 4 is 17.4 Å². The standard InChI is InChI=1S/C18H23N3O3S/c22-18(19-8-6-14-4-2-1-3-5-14)21-16-7-9-23-11-17(16)24-10-15-12-25-13-20-15/h1-5,12-13,16-17H,6-11H2,(H2,19,21,22)/t16-,17-/m1/s1. The molecule has 1 saturated heterocycles. The Hall–Kier alpha value is -1.96. The lowest BCUT2D eigenvalue weighted by molar-refractivity contribution is -0.0736. The molecule has 2 amide bonds. The highest BCUT2D eigenvalue weighted by atomic mass is 32.1. The van der Waals surface area contributed by atoms with Gasteiger partial charge in [-0.25, -0.2) is 9.78 Å². The number of amides is 2. The number of hydrogen-bond donors (Lipinski definition) is 2. The van der Waals surface area contributed by atoms with Gasteiger partial charge in [0.05, 0.1) is 30.5 Å². The maximum atomic E-state index is 12.2. The van der Waals surface area contributed by atoms with Crippen molar-refractivity contribution in [3.05, 3.63) is 52.5 Å². The molecule has 7 heteroatoms. The van der Waals surface area contributed by atoms with Crippen molar-refractivity contribution in [2.75, 3.05) is 19.8 Å². The van der Waals surface area contributed by atoms with Crippen LogP contribution in [0, 0.1) is 0 Å². The van der Waals surface area contributed by atoms with Crippen molar-refractivity contribution in [2.24, 2.45) is 0 Å². The molecule has 2 heterocycles. The molecule has 1 aliphatic rings. The third-order valence-corrected chi connectivity index (χ3v) is 4.73. The number of urea groups is 1. The van der Waals surface area contributed by atoms with Crippen molar-refractivity contribution < 1.29 is 14.3 Å². The minimum absolute atomic E-state index is 0.0517. The molecule has 1 aromatic heterocycles. The summed E-state index contributed by atoms with van der Waals surface area (Å²) in [6.45, 7) is 2.15. The second kappa shape index (κ2) is 9.50. The van der Waals surface area contributed by atoms with E-state index in [0.29, 0.717) is 26.4 Å². The highest BCUT2D eigenvalue weighted by molar-refractivity contribution is 7.07. The number of benzene rings is 1. The first kappa shape index (κ1) is 17.8. The first-order chi connectivity index (χ1) is 12.3. The summed E-state index contributed by atoms with van der Waals surface area (Å²) in [4.78, 5) is 16.4. The molecule has 2 aromatic rings. The van der Waals surface area contributed by atoms with E-state index < -0.39 is 0 Å². The van der Waals surface area contributed by atoms with Gasteiger partial charge in [-0.3, -0.25) is 0 Å². The Kier molecular flexibility index (Phi) is 6.79. The monoisotopic (exact) mass is 361 g/mol. The lowest BCUT2D eigenvalue weighted by Gasteiger charge is -2.31. The molecule has 0 spiro atoms. The molecule has 1 aromatic carbocycles. The van der Waals surface area contributed by atoms with Crippen LogP contribution in [-0.4, -0.2) is 42.9 Å². The molecule has 0 saturated carbocycles. The lowest BCUT2D eigenvalue weighted by Crippen LogP contribution is -2.52. The number of hydrogen-bond acceptors (Lipinski definition) is 5. The van der Waals surface area contributed by atoms with Crippen LogP contribution in [0.3, 0.4) is 0 Å². The minimum atomic E-state index is -0.162. The highest BCUT2D eigenvalue weighted by Gasteiger charge is 2.28. The summed E-state index contributed by atoms with van der Waals surface area (Å²) in [6, 6.07) is 9.89. The van der Waals surface area contributed by atoms with E-state index in [0.717, 1.165) is 18.5 Å². The summed E-state index contributed by atoms with van der Waals surface area (Å²) >= 11 is 1.54. The van der Waals surface area contributed by atoms with Gasteiger partial charge in [0, 0.05) is 18.5 Å². The molecule has 3 rings (SSSR count). The fourth-order valence-electron chi connectivity index (χ4n) is 2.73. The fraction of sp³-hybridized carbons (Fsp3) is 0.444. The van der Waals surface area contributed by atoms with Gasteiger partial charge in [-0.05, 0) is 18.4 Å². The van der Waals surface area contributed by atoms with E-state index >= 15 is 0 Å². The Morgan fingerprint density at radius 3 is 3.04 bits per heavy atom. The number of carbonyl (C=O) groups excluding carboxylic acids is 1. The summed E-state index contributed by atoms with van der Waals surface area (Å²) in [5.41, 5.74) is 3.89. The molecule has 2 atom stereocenters. The Morgan fingerprint density at radius 2 is 2.24 bits per heavy atom. The molecule has 0 radical (unpaired) electrons. The second-order valence-corrected chi connectivity index (χ2v) is 6.65. The van der Waals surface area contributed by atoms with Gasteiger partial charge in [-0.1, -0.05) is 30.3 Å². The zero-order valence-electron chi connectivity index (χ0n) is 14.0. The highest BCUT2D eigenvalue weighted by Crippen LogP contribution is 2.14. The second-order valence-electron chi connectivity index (χ2n) is 5.94. The molecule has 6 nitrogen and oxygen atoms in total. The van der Waals surface area contributed by atoms with Gasteiger partial charge in [-0.15, -0.1) is 11.3 Å². The Labute approximate surface area is 151 Å². The van der Waals surface area contributed by atoms with E-state index in [4.69, 9.17) is 9.47 Å². The average molecular weight is 361 g/mol. The van der Waals surface area contributed by atoms with Crippen molar-refractivity contribution in [1.29, 1.82) is 0 Å². The maximum absolute atomic E-state index is 12.2. The molecule has 2 N–H and O–H groups in total. The number of aromatic nitrogens is 1. The van der Waals surface area contributed by atoms with Crippen LogP contribution in [0.5, 0.6) is 0 Å². The van der Waals surface area contributed by atoms with E-state index in [9.17, 15) is 4.79 Å². The largest absolute Gasteiger partial charge is 0.379 e. The van der Waals surface area contributed by atoms with Crippen molar-refractivity contribution in [3.63, 3.8) is 0 Å². The number of carbonyl (C=O) groups is 1. The summed E-state index contributed by atoms with van der Waals surface area (Å²) in [5.74, 6) is 0. The number of rotatable bonds is 7. The molecule has 0 bridgehead atoms. The van der Waals surface area contributed by atoms with Crippen LogP contribution in [0.4, 0.5) is 4.79 Å². The van der Waals surface area contributed by atoms with Crippen LogP contribution in [0.2, 0.25) is 0 Å². The molecular weight excluding hydrogens is 338 g/mol. The minimum Gasteiger partial charge on any atom is -0.379 e. The molecule has 0 unspecified atom stereocenters. The average Bonchev–Trinajstić information content (AvgIpc) is 3.15. The van der Waals surface area contributed by atoms with Crippen LogP contribution in [0.15, 0.2) is 41.2 Å². The smallest absolute Gasteiger partial charge is 0.315 e. The topological polar surface area (TPSA) is 72.5 Å². The normalized spacial score (nSPS) is 20.2. The van der Waals surface area contributed by atoms with Crippen molar-refractivity contribution in [1.82, 2.24) is 15.6 Å². The van der Waals surface area contributed by atoms with E-state index in [1.165, 1.54) is 5.56 Å². The van der Waals surface area contributed by atoms with Crippen LogP contribution in [0.1, 0.15) is 17.7 Å². The third kappa shape index (κ3) is 5.81. The number of ether oxygens (including phenoxy) is 2. The Balaban J connectivity index is 1.41. The third-order valence-electron chi connectivity index (χ3n) is 4.09. The molecule has 134 valence electrons. The van der Waals surface area contributed by atoms with Gasteiger partial charge in [0.1, 0.15) is 6.10 Å². The number of nitrogens with zero attached hydrogens (tertiary/aromatic N) is 1. The van der Waals surface area contributed by atoms with Crippen molar-refractivity contribution in [3.8, 4) is 0 Å². The predicted octanol–water partition coefficient (Wildman–Crippen LogP) is 2.36. The number of thiazole rings is 1. The first-order valence-electron chi connectivity index (χ1n) is 8.46. The lowest BCUT2D eigenvalue weighted by atomic mass is 10.1. The van der Waals surface area contributed by atoms with Gasteiger partial charge in [0.2, 0.25) is 0 Å². The zero-order valence-corrected chi connectivity index (χ0v) is 14.8. The molecule has 1 fully saturated rings. The summed E-state index contributed by atoms with van der Waals surface area (Å²) in [6.07, 6.45) is 1.40. The van der Waals surface area contributed by atoms with Gasteiger partial charge in [0.25, 0.3) is 0 Å². The summed E-state index contributed by atoms with van der Waals surface area (Å²) in [7, 11) is 0. The van der Waals surface area contributed by atoms with E-state index in [1.807, 2.05) is 23.6 Å². The van der Waals surface area contributed by atoms with Crippen LogP contribution >= 0.6 is 11.3 Å². The Bertz CT molecular complexity index is 636. The summed E-state index contributed by atoms with van der Waals surface area (Å²) in [5, 5.41) is 7.88. The van der Waals surface area contributed by atoms with Crippen LogP contribution in [0.25, 0.3) is 0 Å². The van der Waals surface area contributed by atoms with E-state index in [-0.39, 0.29) is 18.2 Å². The van der Waals surface area contributed by atoms with E-state index in [1.54, 1.807) is 16.8 Å². The zero-order chi connectivity index (χ0) is 17.3.